The summed E-state index contributed by atoms with van der Waals surface area (Å²) in [7, 11) is 1.80. The monoisotopic (exact) mass is 426 g/mol. The van der Waals surface area contributed by atoms with Crippen molar-refractivity contribution in [3.63, 3.8) is 0 Å². The molecule has 1 aromatic heterocycles. The fourth-order valence-electron chi connectivity index (χ4n) is 2.47. The normalized spacial score (nSPS) is 11.1. The molecule has 0 bridgehead atoms. The van der Waals surface area contributed by atoms with E-state index < -0.39 is 0 Å². The summed E-state index contributed by atoms with van der Waals surface area (Å²) in [6.45, 7) is 3.86. The second-order valence-corrected chi connectivity index (χ2v) is 5.39. The first kappa shape index (κ1) is 19.7. The van der Waals surface area contributed by atoms with Crippen molar-refractivity contribution in [3.05, 3.63) is 42.2 Å². The molecule has 23 heavy (non-hydrogen) atoms. The van der Waals surface area contributed by atoms with Crippen LogP contribution in [0, 0.1) is 0 Å². The molecule has 1 heterocycles. The standard InChI is InChI=1S/C18H26N4.HI/c1-3-4-5-8-12-21-18(19-2)22-14-17-16-10-7-6-9-15(16)11-13-20-17;/h6-7,9-11,13H,3-5,8,12,14H2,1-2H3,(H2,19,21,22);1H. The Labute approximate surface area is 156 Å². The van der Waals surface area contributed by atoms with Crippen LogP contribution in [-0.2, 0) is 6.54 Å². The maximum Gasteiger partial charge on any atom is 0.191 e. The number of aromatic nitrogens is 1. The smallest absolute Gasteiger partial charge is 0.191 e. The number of guanidine groups is 1. The third kappa shape index (κ3) is 6.33. The van der Waals surface area contributed by atoms with Gasteiger partial charge in [-0.25, -0.2) is 0 Å². The number of rotatable bonds is 7. The van der Waals surface area contributed by atoms with Crippen molar-refractivity contribution in [2.24, 2.45) is 4.99 Å². The predicted molar refractivity (Wildman–Crippen MR) is 110 cm³/mol. The number of nitrogens with one attached hydrogen (secondary N) is 2. The number of hydrogen-bond donors (Lipinski definition) is 2. The quantitative estimate of drug-likeness (QED) is 0.303. The van der Waals surface area contributed by atoms with E-state index in [0.29, 0.717) is 6.54 Å². The molecule has 0 saturated carbocycles. The molecule has 5 heteroatoms. The lowest BCUT2D eigenvalue weighted by Gasteiger charge is -2.12. The predicted octanol–water partition coefficient (Wildman–Crippen LogP) is 4.10. The first-order chi connectivity index (χ1) is 10.8. The Morgan fingerprint density at radius 3 is 2.70 bits per heavy atom. The fourth-order valence-corrected chi connectivity index (χ4v) is 2.47. The van der Waals surface area contributed by atoms with E-state index in [1.165, 1.54) is 36.5 Å². The molecule has 0 atom stereocenters. The second kappa shape index (κ2) is 11.2. The summed E-state index contributed by atoms with van der Waals surface area (Å²) >= 11 is 0. The SMILES string of the molecule is CCCCCCNC(=NC)NCc1nccc2ccccc12.I. The summed E-state index contributed by atoms with van der Waals surface area (Å²) in [5.41, 5.74) is 1.05. The molecule has 0 aliphatic carbocycles. The number of halogens is 1. The first-order valence-corrected chi connectivity index (χ1v) is 8.12. The highest BCUT2D eigenvalue weighted by atomic mass is 127. The van der Waals surface area contributed by atoms with Gasteiger partial charge >= 0.3 is 0 Å². The average molecular weight is 426 g/mol. The van der Waals surface area contributed by atoms with Gasteiger partial charge in [0.2, 0.25) is 0 Å². The van der Waals surface area contributed by atoms with Crippen molar-refractivity contribution < 1.29 is 0 Å². The van der Waals surface area contributed by atoms with Gasteiger partial charge in [0.25, 0.3) is 0 Å². The fraction of sp³-hybridized carbons (Fsp3) is 0.444. The van der Waals surface area contributed by atoms with Gasteiger partial charge in [-0.05, 0) is 17.9 Å². The number of benzene rings is 1. The highest BCUT2D eigenvalue weighted by molar-refractivity contribution is 14.0. The zero-order valence-electron chi connectivity index (χ0n) is 14.0. The molecular weight excluding hydrogens is 399 g/mol. The molecule has 0 aliphatic heterocycles. The molecule has 1 aromatic carbocycles. The minimum atomic E-state index is 0. The van der Waals surface area contributed by atoms with Crippen LogP contribution in [0.2, 0.25) is 0 Å². The number of unbranched alkanes of at least 4 members (excludes halogenated alkanes) is 3. The van der Waals surface area contributed by atoms with Gasteiger partial charge < -0.3 is 10.6 Å². The van der Waals surface area contributed by atoms with E-state index in [-0.39, 0.29) is 24.0 Å². The van der Waals surface area contributed by atoms with E-state index in [1.807, 2.05) is 18.3 Å². The maximum atomic E-state index is 4.49. The van der Waals surface area contributed by atoms with Crippen LogP contribution < -0.4 is 10.6 Å². The van der Waals surface area contributed by atoms with Crippen LogP contribution in [-0.4, -0.2) is 24.5 Å². The third-order valence-corrected chi connectivity index (χ3v) is 3.73. The van der Waals surface area contributed by atoms with Gasteiger partial charge in [0.05, 0.1) is 12.2 Å². The van der Waals surface area contributed by atoms with Crippen LogP contribution in [0.3, 0.4) is 0 Å². The van der Waals surface area contributed by atoms with E-state index in [0.717, 1.165) is 18.2 Å². The van der Waals surface area contributed by atoms with Crippen molar-refractivity contribution >= 4 is 40.7 Å². The van der Waals surface area contributed by atoms with Gasteiger partial charge in [0.1, 0.15) is 0 Å². The summed E-state index contributed by atoms with van der Waals surface area (Å²) in [6.07, 6.45) is 6.88. The van der Waals surface area contributed by atoms with Crippen LogP contribution in [0.15, 0.2) is 41.5 Å². The molecule has 2 aromatic rings. The van der Waals surface area contributed by atoms with Gasteiger partial charge in [-0.3, -0.25) is 9.98 Å². The number of pyridine rings is 1. The number of hydrogen-bond acceptors (Lipinski definition) is 2. The molecule has 126 valence electrons. The Morgan fingerprint density at radius 2 is 1.91 bits per heavy atom. The van der Waals surface area contributed by atoms with E-state index in [9.17, 15) is 0 Å². The second-order valence-electron chi connectivity index (χ2n) is 5.39. The Hall–Kier alpha value is -1.37. The number of nitrogens with zero attached hydrogens (tertiary/aromatic N) is 2. The maximum absolute atomic E-state index is 4.49. The lowest BCUT2D eigenvalue weighted by atomic mass is 10.1. The minimum absolute atomic E-state index is 0. The topological polar surface area (TPSA) is 49.3 Å². The van der Waals surface area contributed by atoms with Crippen LogP contribution >= 0.6 is 24.0 Å². The van der Waals surface area contributed by atoms with Gasteiger partial charge in [0.15, 0.2) is 5.96 Å². The van der Waals surface area contributed by atoms with Gasteiger partial charge in [-0.15, -0.1) is 24.0 Å². The van der Waals surface area contributed by atoms with E-state index in [4.69, 9.17) is 0 Å². The molecular formula is C18H27IN4. The van der Waals surface area contributed by atoms with Crippen LogP contribution in [0.5, 0.6) is 0 Å². The molecule has 0 fully saturated rings. The highest BCUT2D eigenvalue weighted by Gasteiger charge is 2.03. The summed E-state index contributed by atoms with van der Waals surface area (Å²) in [5.74, 6) is 0.839. The van der Waals surface area contributed by atoms with Gasteiger partial charge in [-0.1, -0.05) is 50.5 Å². The van der Waals surface area contributed by atoms with E-state index in [2.05, 4.69) is 45.7 Å². The van der Waals surface area contributed by atoms with Crippen molar-refractivity contribution in [2.75, 3.05) is 13.6 Å². The average Bonchev–Trinajstić information content (AvgIpc) is 2.57. The molecule has 2 rings (SSSR count). The first-order valence-electron chi connectivity index (χ1n) is 8.12. The Kier molecular flexibility index (Phi) is 9.59. The van der Waals surface area contributed by atoms with Crippen LogP contribution in [0.25, 0.3) is 10.8 Å². The van der Waals surface area contributed by atoms with E-state index >= 15 is 0 Å². The zero-order chi connectivity index (χ0) is 15.6. The summed E-state index contributed by atoms with van der Waals surface area (Å²) in [6, 6.07) is 10.4. The summed E-state index contributed by atoms with van der Waals surface area (Å²) in [5, 5.41) is 9.11. The molecule has 0 amide bonds. The Morgan fingerprint density at radius 1 is 1.09 bits per heavy atom. The Bertz CT molecular complexity index is 607. The van der Waals surface area contributed by atoms with Crippen molar-refractivity contribution in [3.8, 4) is 0 Å². The number of aliphatic imine (C=N–C) groups is 1. The molecule has 0 spiro atoms. The molecule has 4 nitrogen and oxygen atoms in total. The molecule has 2 N–H and O–H groups in total. The largest absolute Gasteiger partial charge is 0.356 e. The lowest BCUT2D eigenvalue weighted by molar-refractivity contribution is 0.646. The van der Waals surface area contributed by atoms with Crippen molar-refractivity contribution in [1.29, 1.82) is 0 Å². The van der Waals surface area contributed by atoms with Crippen molar-refractivity contribution in [1.82, 2.24) is 15.6 Å². The zero-order valence-corrected chi connectivity index (χ0v) is 16.3. The molecule has 0 aliphatic rings. The highest BCUT2D eigenvalue weighted by Crippen LogP contribution is 2.15. The van der Waals surface area contributed by atoms with E-state index in [1.54, 1.807) is 7.05 Å². The van der Waals surface area contributed by atoms with Gasteiger partial charge in [0, 0.05) is 25.2 Å². The molecule has 0 saturated heterocycles. The number of fused-ring (bicyclic) bond motifs is 1. The van der Waals surface area contributed by atoms with Crippen LogP contribution in [0.1, 0.15) is 38.3 Å². The van der Waals surface area contributed by atoms with Crippen LogP contribution in [0.4, 0.5) is 0 Å². The Balaban J connectivity index is 0.00000264. The molecule has 0 unspecified atom stereocenters. The summed E-state index contributed by atoms with van der Waals surface area (Å²) < 4.78 is 0. The van der Waals surface area contributed by atoms with Crippen molar-refractivity contribution in [2.45, 2.75) is 39.2 Å². The minimum Gasteiger partial charge on any atom is -0.356 e. The third-order valence-electron chi connectivity index (χ3n) is 3.73. The summed E-state index contributed by atoms with van der Waals surface area (Å²) in [4.78, 5) is 8.76. The van der Waals surface area contributed by atoms with Gasteiger partial charge in [-0.2, -0.15) is 0 Å². The lowest BCUT2D eigenvalue weighted by Crippen LogP contribution is -2.37. The molecule has 0 radical (unpaired) electrons.